The standard InChI is InChI=1S/C34H40N4O4/c1-2-42-27-15-13-25(14-16-27)18-29(37-30(39)26-11-7-4-8-12-26)32(41)38-28(17-24-9-5-3-6-10-24)31(40)36-23-34-19-33(20-34,21-34)22-35/h3-16,28-29H,2,17-23,35H2,1H3,(H,36,40)(H,37,39)(H,38,41)/t28-,29+,33?,34?/m0/s1. The molecule has 8 heteroatoms. The van der Waals surface area contributed by atoms with Gasteiger partial charge in [-0.25, -0.2) is 0 Å². The lowest BCUT2D eigenvalue weighted by molar-refractivity contribution is -0.193. The van der Waals surface area contributed by atoms with Gasteiger partial charge < -0.3 is 26.4 Å². The van der Waals surface area contributed by atoms with Gasteiger partial charge in [-0.15, -0.1) is 0 Å². The fourth-order valence-corrected chi connectivity index (χ4v) is 6.53. The van der Waals surface area contributed by atoms with E-state index in [1.165, 1.54) is 0 Å². The highest BCUT2D eigenvalue weighted by Crippen LogP contribution is 2.72. The summed E-state index contributed by atoms with van der Waals surface area (Å²) < 4.78 is 5.55. The van der Waals surface area contributed by atoms with Crippen molar-refractivity contribution in [2.24, 2.45) is 16.6 Å². The van der Waals surface area contributed by atoms with Gasteiger partial charge in [-0.2, -0.15) is 0 Å². The summed E-state index contributed by atoms with van der Waals surface area (Å²) in [6.07, 6.45) is 3.72. The molecule has 3 aromatic rings. The van der Waals surface area contributed by atoms with Crippen molar-refractivity contribution in [3.8, 4) is 5.75 Å². The average molecular weight is 569 g/mol. The molecule has 8 nitrogen and oxygen atoms in total. The van der Waals surface area contributed by atoms with Gasteiger partial charge in [-0.05, 0) is 79.0 Å². The SMILES string of the molecule is CCOc1ccc(C[C@@H](NC(=O)c2ccccc2)C(=O)N[C@@H](Cc2ccccc2)C(=O)NCC23CC(CN)(C2)C3)cc1. The number of benzene rings is 3. The Labute approximate surface area is 247 Å². The third kappa shape index (κ3) is 6.82. The molecule has 3 aliphatic carbocycles. The number of rotatable bonds is 14. The van der Waals surface area contributed by atoms with Crippen LogP contribution in [0.1, 0.15) is 47.7 Å². The second kappa shape index (κ2) is 12.8. The topological polar surface area (TPSA) is 123 Å². The van der Waals surface area contributed by atoms with Gasteiger partial charge in [0.15, 0.2) is 0 Å². The van der Waals surface area contributed by atoms with E-state index < -0.39 is 18.0 Å². The number of ether oxygens (including phenoxy) is 1. The minimum atomic E-state index is -0.899. The van der Waals surface area contributed by atoms with Crippen LogP contribution in [0.15, 0.2) is 84.9 Å². The van der Waals surface area contributed by atoms with Crippen molar-refractivity contribution in [3.05, 3.63) is 102 Å². The molecule has 3 aliphatic rings. The first-order valence-electron chi connectivity index (χ1n) is 14.7. The van der Waals surface area contributed by atoms with Gasteiger partial charge in [-0.1, -0.05) is 60.7 Å². The molecule has 0 unspecified atom stereocenters. The van der Waals surface area contributed by atoms with Crippen LogP contribution < -0.4 is 26.4 Å². The molecule has 3 aromatic carbocycles. The zero-order valence-electron chi connectivity index (χ0n) is 24.1. The molecule has 220 valence electrons. The van der Waals surface area contributed by atoms with Crippen molar-refractivity contribution in [3.63, 3.8) is 0 Å². The molecule has 2 bridgehead atoms. The van der Waals surface area contributed by atoms with Gasteiger partial charge in [0, 0.05) is 24.9 Å². The molecular weight excluding hydrogens is 528 g/mol. The van der Waals surface area contributed by atoms with E-state index in [0.29, 0.717) is 31.7 Å². The summed E-state index contributed by atoms with van der Waals surface area (Å²) in [6.45, 7) is 3.74. The minimum absolute atomic E-state index is 0.135. The van der Waals surface area contributed by atoms with Crippen molar-refractivity contribution in [1.29, 1.82) is 0 Å². The first-order valence-corrected chi connectivity index (χ1v) is 14.7. The van der Waals surface area contributed by atoms with Crippen LogP contribution in [-0.4, -0.2) is 49.5 Å². The Morgan fingerprint density at radius 1 is 0.762 bits per heavy atom. The van der Waals surface area contributed by atoms with E-state index in [9.17, 15) is 14.4 Å². The number of carbonyl (C=O) groups excluding carboxylic acids is 3. The highest BCUT2D eigenvalue weighted by atomic mass is 16.5. The summed E-state index contributed by atoms with van der Waals surface area (Å²) >= 11 is 0. The summed E-state index contributed by atoms with van der Waals surface area (Å²) in [5.74, 6) is -0.274. The molecule has 0 aliphatic heterocycles. The van der Waals surface area contributed by atoms with Crippen molar-refractivity contribution in [2.45, 2.75) is 51.1 Å². The predicted octanol–water partition coefficient (Wildman–Crippen LogP) is 3.40. The van der Waals surface area contributed by atoms with Crippen LogP contribution in [-0.2, 0) is 22.4 Å². The highest BCUT2D eigenvalue weighted by Gasteiger charge is 2.66. The number of hydrogen-bond acceptors (Lipinski definition) is 5. The molecule has 0 spiro atoms. The molecule has 3 amide bonds. The largest absolute Gasteiger partial charge is 0.494 e. The van der Waals surface area contributed by atoms with Crippen molar-refractivity contribution < 1.29 is 19.1 Å². The lowest BCUT2D eigenvalue weighted by Crippen LogP contribution is -2.68. The molecule has 3 saturated carbocycles. The third-order valence-corrected chi connectivity index (χ3v) is 8.57. The second-order valence-corrected chi connectivity index (χ2v) is 11.9. The van der Waals surface area contributed by atoms with E-state index in [1.54, 1.807) is 24.3 Å². The van der Waals surface area contributed by atoms with Crippen LogP contribution in [0, 0.1) is 10.8 Å². The monoisotopic (exact) mass is 568 g/mol. The fraction of sp³-hybridized carbons (Fsp3) is 0.382. The zero-order chi connectivity index (χ0) is 29.6. The van der Waals surface area contributed by atoms with Gasteiger partial charge >= 0.3 is 0 Å². The Hall–Kier alpha value is -4.17. The maximum atomic E-state index is 13.8. The van der Waals surface area contributed by atoms with Crippen molar-refractivity contribution in [2.75, 3.05) is 19.7 Å². The van der Waals surface area contributed by atoms with E-state index >= 15 is 0 Å². The van der Waals surface area contributed by atoms with Gasteiger partial charge in [0.25, 0.3) is 5.91 Å². The molecule has 0 saturated heterocycles. The molecule has 0 radical (unpaired) electrons. The predicted molar refractivity (Wildman–Crippen MR) is 162 cm³/mol. The Balaban J connectivity index is 1.31. The van der Waals surface area contributed by atoms with Crippen LogP contribution in [0.5, 0.6) is 5.75 Å². The Bertz CT molecular complexity index is 1360. The maximum Gasteiger partial charge on any atom is 0.251 e. The van der Waals surface area contributed by atoms with E-state index in [4.69, 9.17) is 10.5 Å². The van der Waals surface area contributed by atoms with Crippen molar-refractivity contribution >= 4 is 17.7 Å². The summed E-state index contributed by atoms with van der Waals surface area (Å²) in [4.78, 5) is 40.4. The number of hydrogen-bond donors (Lipinski definition) is 4. The van der Waals surface area contributed by atoms with E-state index in [0.717, 1.165) is 36.1 Å². The van der Waals surface area contributed by atoms with Crippen molar-refractivity contribution in [1.82, 2.24) is 16.0 Å². The van der Waals surface area contributed by atoms with Gasteiger partial charge in [0.05, 0.1) is 6.61 Å². The van der Waals surface area contributed by atoms with Crippen LogP contribution in [0.3, 0.4) is 0 Å². The minimum Gasteiger partial charge on any atom is -0.494 e. The van der Waals surface area contributed by atoms with E-state index in [2.05, 4.69) is 16.0 Å². The normalized spacial score (nSPS) is 21.6. The first kappa shape index (κ1) is 29.3. The molecule has 0 heterocycles. The third-order valence-electron chi connectivity index (χ3n) is 8.57. The number of nitrogens with two attached hydrogens (primary N) is 1. The summed E-state index contributed by atoms with van der Waals surface area (Å²) in [5, 5.41) is 8.97. The number of amides is 3. The Morgan fingerprint density at radius 3 is 1.93 bits per heavy atom. The summed E-state index contributed by atoms with van der Waals surface area (Å²) in [7, 11) is 0. The fourth-order valence-electron chi connectivity index (χ4n) is 6.53. The molecule has 5 N–H and O–H groups in total. The van der Waals surface area contributed by atoms with Crippen LogP contribution in [0.2, 0.25) is 0 Å². The van der Waals surface area contributed by atoms with Gasteiger partial charge in [-0.3, -0.25) is 14.4 Å². The Kier molecular flexibility index (Phi) is 8.92. The number of nitrogens with one attached hydrogen (secondary N) is 3. The lowest BCUT2D eigenvalue weighted by atomic mass is 9.35. The molecule has 2 atom stereocenters. The van der Waals surface area contributed by atoms with Gasteiger partial charge in [0.1, 0.15) is 17.8 Å². The smallest absolute Gasteiger partial charge is 0.251 e. The number of carbonyl (C=O) groups is 3. The second-order valence-electron chi connectivity index (χ2n) is 11.9. The van der Waals surface area contributed by atoms with Crippen LogP contribution >= 0.6 is 0 Å². The Morgan fingerprint density at radius 2 is 1.33 bits per heavy atom. The first-order chi connectivity index (χ1) is 20.3. The zero-order valence-corrected chi connectivity index (χ0v) is 24.1. The average Bonchev–Trinajstić information content (AvgIpc) is 2.97. The molecular formula is C34H40N4O4. The molecule has 6 rings (SSSR count). The van der Waals surface area contributed by atoms with Crippen LogP contribution in [0.4, 0.5) is 0 Å². The van der Waals surface area contributed by atoms with E-state index in [1.807, 2.05) is 67.6 Å². The quantitative estimate of drug-likeness (QED) is 0.238. The molecule has 3 fully saturated rings. The van der Waals surface area contributed by atoms with E-state index in [-0.39, 0.29) is 29.1 Å². The maximum absolute atomic E-state index is 13.8. The highest BCUT2D eigenvalue weighted by molar-refractivity contribution is 5.98. The summed E-state index contributed by atoms with van der Waals surface area (Å²) in [5.41, 5.74) is 8.56. The molecule has 0 aromatic heterocycles. The van der Waals surface area contributed by atoms with Crippen LogP contribution in [0.25, 0.3) is 0 Å². The van der Waals surface area contributed by atoms with Gasteiger partial charge in [0.2, 0.25) is 11.8 Å². The molecule has 42 heavy (non-hydrogen) atoms. The lowest BCUT2D eigenvalue weighted by Gasteiger charge is -2.71. The summed E-state index contributed by atoms with van der Waals surface area (Å²) in [6, 6.07) is 24.2.